The Hall–Kier alpha value is -0.278. The normalized spacial score (nSPS) is 22.2. The second kappa shape index (κ2) is 4.77. The Morgan fingerprint density at radius 2 is 1.53 bits per heavy atom. The maximum absolute atomic E-state index is 5.76. The monoisotopic (exact) mass is 254 g/mol. The van der Waals surface area contributed by atoms with Gasteiger partial charge in [-0.3, -0.25) is 0 Å². The van der Waals surface area contributed by atoms with Gasteiger partial charge in [0.2, 0.25) is 0 Å². The highest BCUT2D eigenvalue weighted by molar-refractivity contribution is 6.69. The summed E-state index contributed by atoms with van der Waals surface area (Å²) in [6.07, 6.45) is 0. The summed E-state index contributed by atoms with van der Waals surface area (Å²) < 4.78 is 17.2. The molecule has 0 bridgehead atoms. The topological polar surface area (TPSA) is 27.7 Å². The van der Waals surface area contributed by atoms with E-state index in [2.05, 4.69) is 31.4 Å². The molecule has 0 amide bonds. The second-order valence-corrected chi connectivity index (χ2v) is 10.8. The molecular formula is C12H23BO3Si. The first-order chi connectivity index (χ1) is 7.54. The quantitative estimate of drug-likeness (QED) is 0.559. The van der Waals surface area contributed by atoms with E-state index in [-0.39, 0.29) is 11.2 Å². The van der Waals surface area contributed by atoms with E-state index in [1.165, 1.54) is 0 Å². The highest BCUT2D eigenvalue weighted by Gasteiger charge is 2.50. The van der Waals surface area contributed by atoms with Crippen molar-refractivity contribution in [1.82, 2.24) is 0 Å². The molecule has 0 spiro atoms. The van der Waals surface area contributed by atoms with Crippen molar-refractivity contribution in [3.8, 4) is 11.7 Å². The lowest BCUT2D eigenvalue weighted by Crippen LogP contribution is -2.41. The molecule has 0 unspecified atom stereocenters. The molecule has 1 rings (SSSR count). The van der Waals surface area contributed by atoms with Gasteiger partial charge in [-0.1, -0.05) is 11.7 Å². The molecule has 17 heavy (non-hydrogen) atoms. The van der Waals surface area contributed by atoms with E-state index >= 15 is 0 Å². The molecule has 1 saturated heterocycles. The van der Waals surface area contributed by atoms with Crippen molar-refractivity contribution >= 4 is 15.4 Å². The van der Waals surface area contributed by atoms with Gasteiger partial charge in [0, 0.05) is 0 Å². The predicted octanol–water partition coefficient (Wildman–Crippen LogP) is 2.47. The van der Waals surface area contributed by atoms with Crippen LogP contribution in [-0.2, 0) is 13.7 Å². The SMILES string of the molecule is CC1(C)OB(C#CCO[Si](C)(C)C)OC1(C)C. The van der Waals surface area contributed by atoms with Crippen LogP contribution in [0.5, 0.6) is 0 Å². The van der Waals surface area contributed by atoms with Crippen LogP contribution in [-0.4, -0.2) is 33.2 Å². The summed E-state index contributed by atoms with van der Waals surface area (Å²) in [7, 11) is -1.91. The zero-order valence-electron chi connectivity index (χ0n) is 12.0. The lowest BCUT2D eigenvalue weighted by molar-refractivity contribution is 0.00578. The predicted molar refractivity (Wildman–Crippen MR) is 73.2 cm³/mol. The third-order valence-electron chi connectivity index (χ3n) is 3.05. The van der Waals surface area contributed by atoms with Gasteiger partial charge in [0.1, 0.15) is 0 Å². The molecule has 0 aliphatic carbocycles. The minimum atomic E-state index is -1.47. The molecule has 0 aromatic carbocycles. The van der Waals surface area contributed by atoms with Gasteiger partial charge in [0.25, 0.3) is 0 Å². The van der Waals surface area contributed by atoms with Gasteiger partial charge in [-0.15, -0.1) is 0 Å². The fourth-order valence-electron chi connectivity index (χ4n) is 1.28. The Morgan fingerprint density at radius 3 is 1.94 bits per heavy atom. The molecule has 0 atom stereocenters. The van der Waals surface area contributed by atoms with Crippen LogP contribution in [0.15, 0.2) is 0 Å². The van der Waals surface area contributed by atoms with Gasteiger partial charge in [-0.2, -0.15) is 0 Å². The maximum atomic E-state index is 5.76. The number of rotatable bonds is 2. The first kappa shape index (κ1) is 14.8. The fourth-order valence-corrected chi connectivity index (χ4v) is 1.78. The van der Waals surface area contributed by atoms with E-state index in [4.69, 9.17) is 13.7 Å². The van der Waals surface area contributed by atoms with Crippen molar-refractivity contribution in [3.63, 3.8) is 0 Å². The minimum absolute atomic E-state index is 0.314. The van der Waals surface area contributed by atoms with E-state index in [1.807, 2.05) is 27.7 Å². The van der Waals surface area contributed by atoms with Crippen molar-refractivity contribution in [2.75, 3.05) is 6.61 Å². The zero-order chi connectivity index (χ0) is 13.3. The minimum Gasteiger partial charge on any atom is -0.407 e. The van der Waals surface area contributed by atoms with E-state index < -0.39 is 15.4 Å². The van der Waals surface area contributed by atoms with Crippen LogP contribution in [0.25, 0.3) is 0 Å². The van der Waals surface area contributed by atoms with Crippen LogP contribution >= 0.6 is 0 Å². The molecule has 1 fully saturated rings. The van der Waals surface area contributed by atoms with Crippen LogP contribution in [0.3, 0.4) is 0 Å². The summed E-state index contributed by atoms with van der Waals surface area (Å²) >= 11 is 0. The van der Waals surface area contributed by atoms with Crippen molar-refractivity contribution in [3.05, 3.63) is 0 Å². The van der Waals surface area contributed by atoms with E-state index in [0.29, 0.717) is 6.61 Å². The molecule has 1 aliphatic rings. The van der Waals surface area contributed by atoms with Crippen LogP contribution in [0.1, 0.15) is 27.7 Å². The van der Waals surface area contributed by atoms with Crippen molar-refractivity contribution in [2.45, 2.75) is 58.5 Å². The van der Waals surface area contributed by atoms with Gasteiger partial charge in [0.15, 0.2) is 8.32 Å². The molecule has 0 radical (unpaired) electrons. The van der Waals surface area contributed by atoms with Crippen LogP contribution < -0.4 is 0 Å². The number of hydrogen-bond acceptors (Lipinski definition) is 3. The zero-order valence-corrected chi connectivity index (χ0v) is 13.0. The summed E-state index contributed by atoms with van der Waals surface area (Å²) in [4.78, 5) is 0. The molecule has 96 valence electrons. The van der Waals surface area contributed by atoms with Gasteiger partial charge in [-0.05, 0) is 47.3 Å². The largest absolute Gasteiger partial charge is 0.551 e. The lowest BCUT2D eigenvalue weighted by Gasteiger charge is -2.32. The summed E-state index contributed by atoms with van der Waals surface area (Å²) in [6.45, 7) is 15.0. The standard InChI is InChI=1S/C12H23BO3Si/c1-11(2)12(3,4)16-13(15-11)9-8-10-14-17(5,6)7/h10H2,1-7H3. The van der Waals surface area contributed by atoms with E-state index in [1.54, 1.807) is 0 Å². The van der Waals surface area contributed by atoms with Gasteiger partial charge in [0.05, 0.1) is 17.8 Å². The Labute approximate surface area is 106 Å². The summed E-state index contributed by atoms with van der Waals surface area (Å²) in [5, 5.41) is 0. The fraction of sp³-hybridized carbons (Fsp3) is 0.833. The molecule has 1 heterocycles. The van der Waals surface area contributed by atoms with Crippen LogP contribution in [0, 0.1) is 11.7 Å². The average molecular weight is 254 g/mol. The molecule has 0 saturated carbocycles. The smallest absolute Gasteiger partial charge is 0.407 e. The second-order valence-electron chi connectivity index (χ2n) is 6.31. The van der Waals surface area contributed by atoms with Gasteiger partial charge < -0.3 is 13.7 Å². The summed E-state index contributed by atoms with van der Waals surface area (Å²) in [5.41, 5.74) is -0.627. The molecule has 0 aromatic heterocycles. The lowest BCUT2D eigenvalue weighted by atomic mass is 9.90. The third kappa shape index (κ3) is 4.15. The number of hydrogen-bond donors (Lipinski definition) is 0. The third-order valence-corrected chi connectivity index (χ3v) is 4.06. The first-order valence-corrected chi connectivity index (χ1v) is 9.42. The molecular weight excluding hydrogens is 231 g/mol. The van der Waals surface area contributed by atoms with Crippen LogP contribution in [0.2, 0.25) is 19.6 Å². The summed E-state index contributed by atoms with van der Waals surface area (Å²) in [5.74, 6) is 5.94. The Morgan fingerprint density at radius 1 is 1.06 bits per heavy atom. The Bertz CT molecular complexity index is 320. The van der Waals surface area contributed by atoms with Crippen molar-refractivity contribution in [2.24, 2.45) is 0 Å². The maximum Gasteiger partial charge on any atom is 0.551 e. The van der Waals surface area contributed by atoms with Gasteiger partial charge >= 0.3 is 7.12 Å². The molecule has 3 nitrogen and oxygen atoms in total. The Balaban J connectivity index is 2.49. The molecule has 1 aliphatic heterocycles. The Kier molecular flexibility index (Phi) is 4.15. The molecule has 0 aromatic rings. The van der Waals surface area contributed by atoms with Crippen LogP contribution in [0.4, 0.5) is 0 Å². The first-order valence-electron chi connectivity index (χ1n) is 6.01. The van der Waals surface area contributed by atoms with E-state index in [9.17, 15) is 0 Å². The molecule has 5 heteroatoms. The van der Waals surface area contributed by atoms with Crippen molar-refractivity contribution < 1.29 is 13.7 Å². The van der Waals surface area contributed by atoms with E-state index in [0.717, 1.165) is 0 Å². The highest BCUT2D eigenvalue weighted by atomic mass is 28.4. The van der Waals surface area contributed by atoms with Gasteiger partial charge in [-0.25, -0.2) is 0 Å². The average Bonchev–Trinajstić information content (AvgIpc) is 2.28. The summed E-state index contributed by atoms with van der Waals surface area (Å²) in [6, 6.07) is 0. The molecule has 0 N–H and O–H groups in total. The van der Waals surface area contributed by atoms with Crippen molar-refractivity contribution in [1.29, 1.82) is 0 Å². The highest BCUT2D eigenvalue weighted by Crippen LogP contribution is 2.36.